The SMILES string of the molecule is COCCC(C)NC1CCOC1. The lowest BCUT2D eigenvalue weighted by molar-refractivity contribution is 0.174. The van der Waals surface area contributed by atoms with Gasteiger partial charge in [-0.05, 0) is 19.8 Å². The van der Waals surface area contributed by atoms with Gasteiger partial charge in [0.2, 0.25) is 0 Å². The van der Waals surface area contributed by atoms with Gasteiger partial charge in [0.05, 0.1) is 6.61 Å². The number of hydrogen-bond acceptors (Lipinski definition) is 3. The van der Waals surface area contributed by atoms with Crippen molar-refractivity contribution in [1.82, 2.24) is 5.32 Å². The number of ether oxygens (including phenoxy) is 2. The van der Waals surface area contributed by atoms with Crippen molar-refractivity contribution in [2.75, 3.05) is 26.9 Å². The molecule has 1 saturated heterocycles. The fourth-order valence-electron chi connectivity index (χ4n) is 1.45. The number of nitrogens with one attached hydrogen (secondary N) is 1. The van der Waals surface area contributed by atoms with E-state index in [0.717, 1.165) is 32.7 Å². The van der Waals surface area contributed by atoms with E-state index in [1.807, 2.05) is 0 Å². The molecule has 0 aromatic carbocycles. The van der Waals surface area contributed by atoms with Crippen molar-refractivity contribution in [1.29, 1.82) is 0 Å². The minimum absolute atomic E-state index is 0.539. The molecule has 0 aliphatic carbocycles. The molecular weight excluding hydrogens is 154 g/mol. The minimum atomic E-state index is 0.539. The van der Waals surface area contributed by atoms with Crippen molar-refractivity contribution < 1.29 is 9.47 Å². The number of hydrogen-bond donors (Lipinski definition) is 1. The quantitative estimate of drug-likeness (QED) is 0.666. The van der Waals surface area contributed by atoms with Crippen molar-refractivity contribution in [2.45, 2.75) is 31.8 Å². The first kappa shape index (κ1) is 9.96. The highest BCUT2D eigenvalue weighted by Gasteiger charge is 2.16. The Morgan fingerprint density at radius 2 is 2.50 bits per heavy atom. The second kappa shape index (κ2) is 5.51. The molecule has 0 saturated carbocycles. The Labute approximate surface area is 74.4 Å². The molecule has 1 aliphatic rings. The third-order valence-corrected chi connectivity index (χ3v) is 2.20. The van der Waals surface area contributed by atoms with Crippen LogP contribution in [-0.2, 0) is 9.47 Å². The fraction of sp³-hybridized carbons (Fsp3) is 1.00. The lowest BCUT2D eigenvalue weighted by atomic mass is 10.2. The van der Waals surface area contributed by atoms with Crippen molar-refractivity contribution >= 4 is 0 Å². The maximum Gasteiger partial charge on any atom is 0.0620 e. The van der Waals surface area contributed by atoms with Crippen LogP contribution < -0.4 is 5.32 Å². The molecule has 0 aromatic heterocycles. The van der Waals surface area contributed by atoms with Crippen LogP contribution in [0.25, 0.3) is 0 Å². The first-order chi connectivity index (χ1) is 5.83. The molecule has 0 spiro atoms. The molecule has 0 aromatic rings. The predicted molar refractivity (Wildman–Crippen MR) is 48.3 cm³/mol. The van der Waals surface area contributed by atoms with Gasteiger partial charge in [-0.2, -0.15) is 0 Å². The third kappa shape index (κ3) is 3.52. The van der Waals surface area contributed by atoms with Crippen LogP contribution in [0, 0.1) is 0 Å². The van der Waals surface area contributed by atoms with Crippen LogP contribution >= 0.6 is 0 Å². The molecule has 1 rings (SSSR count). The minimum Gasteiger partial charge on any atom is -0.385 e. The van der Waals surface area contributed by atoms with E-state index < -0.39 is 0 Å². The lowest BCUT2D eigenvalue weighted by Gasteiger charge is -2.17. The molecule has 0 amide bonds. The molecule has 1 N–H and O–H groups in total. The Hall–Kier alpha value is -0.120. The summed E-state index contributed by atoms with van der Waals surface area (Å²) in [5, 5.41) is 3.51. The van der Waals surface area contributed by atoms with Gasteiger partial charge in [-0.1, -0.05) is 0 Å². The molecule has 1 aliphatic heterocycles. The average Bonchev–Trinajstić information content (AvgIpc) is 2.53. The molecular formula is C9H19NO2. The van der Waals surface area contributed by atoms with Gasteiger partial charge in [-0.25, -0.2) is 0 Å². The van der Waals surface area contributed by atoms with Crippen molar-refractivity contribution in [3.63, 3.8) is 0 Å². The van der Waals surface area contributed by atoms with Gasteiger partial charge in [0, 0.05) is 32.4 Å². The summed E-state index contributed by atoms with van der Waals surface area (Å²) < 4.78 is 10.3. The topological polar surface area (TPSA) is 30.5 Å². The van der Waals surface area contributed by atoms with E-state index in [1.165, 1.54) is 0 Å². The van der Waals surface area contributed by atoms with Crippen LogP contribution in [0.3, 0.4) is 0 Å². The van der Waals surface area contributed by atoms with Crippen LogP contribution in [-0.4, -0.2) is 39.0 Å². The first-order valence-electron chi connectivity index (χ1n) is 4.65. The zero-order chi connectivity index (χ0) is 8.81. The van der Waals surface area contributed by atoms with Gasteiger partial charge in [0.1, 0.15) is 0 Å². The Bertz CT molecular complexity index is 113. The molecule has 2 unspecified atom stereocenters. The summed E-state index contributed by atoms with van der Waals surface area (Å²) in [5.41, 5.74) is 0. The van der Waals surface area contributed by atoms with Gasteiger partial charge >= 0.3 is 0 Å². The van der Waals surface area contributed by atoms with Crippen molar-refractivity contribution in [2.24, 2.45) is 0 Å². The summed E-state index contributed by atoms with van der Waals surface area (Å²) >= 11 is 0. The highest BCUT2D eigenvalue weighted by molar-refractivity contribution is 4.74. The molecule has 1 fully saturated rings. The van der Waals surface area contributed by atoms with Crippen molar-refractivity contribution in [3.8, 4) is 0 Å². The largest absolute Gasteiger partial charge is 0.385 e. The summed E-state index contributed by atoms with van der Waals surface area (Å²) in [4.78, 5) is 0. The zero-order valence-electron chi connectivity index (χ0n) is 8.01. The zero-order valence-corrected chi connectivity index (χ0v) is 8.01. The molecule has 72 valence electrons. The second-order valence-electron chi connectivity index (χ2n) is 3.41. The summed E-state index contributed by atoms with van der Waals surface area (Å²) in [6.07, 6.45) is 2.23. The second-order valence-corrected chi connectivity index (χ2v) is 3.41. The van der Waals surface area contributed by atoms with E-state index in [2.05, 4.69) is 12.2 Å². The molecule has 3 heteroatoms. The van der Waals surface area contributed by atoms with Crippen molar-refractivity contribution in [3.05, 3.63) is 0 Å². The summed E-state index contributed by atoms with van der Waals surface area (Å²) in [6.45, 7) is 4.81. The maximum absolute atomic E-state index is 5.27. The molecule has 12 heavy (non-hydrogen) atoms. The predicted octanol–water partition coefficient (Wildman–Crippen LogP) is 0.790. The first-order valence-corrected chi connectivity index (χ1v) is 4.65. The molecule has 3 nitrogen and oxygen atoms in total. The van der Waals surface area contributed by atoms with E-state index >= 15 is 0 Å². The van der Waals surface area contributed by atoms with E-state index in [0.29, 0.717) is 12.1 Å². The van der Waals surface area contributed by atoms with Crippen LogP contribution in [0.5, 0.6) is 0 Å². The normalized spacial score (nSPS) is 26.0. The number of methoxy groups -OCH3 is 1. The van der Waals surface area contributed by atoms with Gasteiger partial charge < -0.3 is 14.8 Å². The van der Waals surface area contributed by atoms with Crippen LogP contribution in [0.4, 0.5) is 0 Å². The van der Waals surface area contributed by atoms with E-state index in [4.69, 9.17) is 9.47 Å². The summed E-state index contributed by atoms with van der Waals surface area (Å²) in [5.74, 6) is 0. The standard InChI is InChI=1S/C9H19NO2/c1-8(3-5-11-2)10-9-4-6-12-7-9/h8-10H,3-7H2,1-2H3. The monoisotopic (exact) mass is 173 g/mol. The van der Waals surface area contributed by atoms with Crippen LogP contribution in [0.15, 0.2) is 0 Å². The third-order valence-electron chi connectivity index (χ3n) is 2.20. The number of rotatable bonds is 5. The Morgan fingerprint density at radius 3 is 3.08 bits per heavy atom. The average molecular weight is 173 g/mol. The van der Waals surface area contributed by atoms with E-state index in [1.54, 1.807) is 7.11 Å². The summed E-state index contributed by atoms with van der Waals surface area (Å²) in [7, 11) is 1.74. The Morgan fingerprint density at radius 1 is 1.67 bits per heavy atom. The van der Waals surface area contributed by atoms with E-state index in [-0.39, 0.29) is 0 Å². The molecule has 1 heterocycles. The molecule has 2 atom stereocenters. The highest BCUT2D eigenvalue weighted by atomic mass is 16.5. The maximum atomic E-state index is 5.27. The van der Waals surface area contributed by atoms with Gasteiger partial charge in [0.25, 0.3) is 0 Å². The van der Waals surface area contributed by atoms with Gasteiger partial charge in [0.15, 0.2) is 0 Å². The summed E-state index contributed by atoms with van der Waals surface area (Å²) in [6, 6.07) is 1.11. The van der Waals surface area contributed by atoms with Crippen LogP contribution in [0.2, 0.25) is 0 Å². The van der Waals surface area contributed by atoms with Gasteiger partial charge in [-0.3, -0.25) is 0 Å². The lowest BCUT2D eigenvalue weighted by Crippen LogP contribution is -2.37. The Balaban J connectivity index is 2.03. The van der Waals surface area contributed by atoms with Gasteiger partial charge in [-0.15, -0.1) is 0 Å². The molecule has 0 radical (unpaired) electrons. The van der Waals surface area contributed by atoms with E-state index in [9.17, 15) is 0 Å². The van der Waals surface area contributed by atoms with Crippen LogP contribution in [0.1, 0.15) is 19.8 Å². The smallest absolute Gasteiger partial charge is 0.0620 e. The highest BCUT2D eigenvalue weighted by Crippen LogP contribution is 2.05. The Kier molecular flexibility index (Phi) is 4.58. The fourth-order valence-corrected chi connectivity index (χ4v) is 1.45. The molecule has 0 bridgehead atoms.